The summed E-state index contributed by atoms with van der Waals surface area (Å²) < 4.78 is 27.3. The molecule has 27 heavy (non-hydrogen) atoms. The largest absolute Gasteiger partial charge is 0.348 e. The van der Waals surface area contributed by atoms with E-state index in [2.05, 4.69) is 22.3 Å². The summed E-state index contributed by atoms with van der Waals surface area (Å²) in [6.07, 6.45) is 1.97. The highest BCUT2D eigenvalue weighted by Gasteiger charge is 2.23. The molecule has 3 N–H and O–H groups in total. The highest BCUT2D eigenvalue weighted by atomic mass is 35.5. The van der Waals surface area contributed by atoms with E-state index in [1.54, 1.807) is 12.1 Å². The van der Waals surface area contributed by atoms with Crippen molar-refractivity contribution in [1.29, 1.82) is 0 Å². The van der Waals surface area contributed by atoms with Gasteiger partial charge in [0.25, 0.3) is 5.91 Å². The minimum atomic E-state index is -3.60. The third kappa shape index (κ3) is 5.76. The van der Waals surface area contributed by atoms with Crippen molar-refractivity contribution in [2.24, 2.45) is 0 Å². The van der Waals surface area contributed by atoms with Crippen LogP contribution in [-0.4, -0.2) is 33.0 Å². The Bertz CT molecular complexity index is 839. The number of benzene rings is 1. The molecule has 0 bridgehead atoms. The molecule has 0 radical (unpaired) electrons. The number of carbonyl (C=O) groups is 1. The van der Waals surface area contributed by atoms with Crippen LogP contribution in [0.4, 0.5) is 0 Å². The molecule has 2 heterocycles. The van der Waals surface area contributed by atoms with Crippen molar-refractivity contribution < 1.29 is 13.2 Å². The van der Waals surface area contributed by atoms with Crippen LogP contribution in [0.3, 0.4) is 0 Å². The monoisotopic (exact) mass is 429 g/mol. The summed E-state index contributed by atoms with van der Waals surface area (Å²) in [6, 6.07) is 10.1. The van der Waals surface area contributed by atoms with Crippen LogP contribution in [0.1, 0.15) is 35.0 Å². The number of sulfonamides is 1. The van der Waals surface area contributed by atoms with Crippen molar-refractivity contribution in [3.8, 4) is 0 Å². The quantitative estimate of drug-likeness (QED) is 0.658. The molecule has 1 saturated heterocycles. The smallest absolute Gasteiger partial charge is 0.251 e. The Morgan fingerprint density at radius 3 is 2.63 bits per heavy atom. The molecule has 9 heteroatoms. The molecular weight excluding hydrogens is 406 g/mol. The lowest BCUT2D eigenvalue weighted by Gasteiger charge is -2.30. The first-order valence-corrected chi connectivity index (χ1v) is 11.0. The fraction of sp³-hybridized carbons (Fsp3) is 0.389. The Kier molecular flexibility index (Phi) is 7.81. The van der Waals surface area contributed by atoms with E-state index in [-0.39, 0.29) is 41.8 Å². The number of hydrogen-bond acceptors (Lipinski definition) is 5. The van der Waals surface area contributed by atoms with Crippen molar-refractivity contribution in [2.45, 2.75) is 43.3 Å². The van der Waals surface area contributed by atoms with Gasteiger partial charge < -0.3 is 10.6 Å². The number of amides is 1. The highest BCUT2D eigenvalue weighted by Crippen LogP contribution is 2.14. The van der Waals surface area contributed by atoms with Crippen LogP contribution in [0.5, 0.6) is 0 Å². The first-order chi connectivity index (χ1) is 12.5. The lowest BCUT2D eigenvalue weighted by molar-refractivity contribution is 0.0919. The van der Waals surface area contributed by atoms with Gasteiger partial charge in [-0.15, -0.1) is 23.7 Å². The summed E-state index contributed by atoms with van der Waals surface area (Å²) in [5.74, 6) is -0.180. The van der Waals surface area contributed by atoms with Crippen LogP contribution < -0.4 is 15.4 Å². The van der Waals surface area contributed by atoms with Crippen LogP contribution in [0.15, 0.2) is 46.7 Å². The van der Waals surface area contributed by atoms with Gasteiger partial charge in [-0.3, -0.25) is 4.79 Å². The number of rotatable bonds is 6. The maximum absolute atomic E-state index is 12.4. The topological polar surface area (TPSA) is 87.3 Å². The Labute approximate surface area is 170 Å². The van der Waals surface area contributed by atoms with Crippen LogP contribution in [0.2, 0.25) is 0 Å². The molecule has 0 aliphatic carbocycles. The van der Waals surface area contributed by atoms with E-state index >= 15 is 0 Å². The van der Waals surface area contributed by atoms with Crippen molar-refractivity contribution in [1.82, 2.24) is 15.4 Å². The third-order valence-corrected chi connectivity index (χ3v) is 6.82. The van der Waals surface area contributed by atoms with Crippen LogP contribution in [0, 0.1) is 0 Å². The SMILES string of the molecule is CC1NCCCC1NC(=O)c1ccc(S(=O)(=O)NCc2cccs2)cc1.Cl. The van der Waals surface area contributed by atoms with Crippen LogP contribution in [-0.2, 0) is 16.6 Å². The molecule has 1 amide bonds. The molecule has 1 aliphatic heterocycles. The lowest BCUT2D eigenvalue weighted by Crippen LogP contribution is -2.51. The molecule has 0 saturated carbocycles. The Morgan fingerprint density at radius 1 is 1.26 bits per heavy atom. The number of piperidine rings is 1. The molecule has 1 aromatic carbocycles. The molecule has 2 atom stereocenters. The van der Waals surface area contributed by atoms with E-state index in [0.717, 1.165) is 24.3 Å². The highest BCUT2D eigenvalue weighted by molar-refractivity contribution is 7.89. The van der Waals surface area contributed by atoms with Gasteiger partial charge >= 0.3 is 0 Å². The molecule has 6 nitrogen and oxygen atoms in total. The molecule has 2 aromatic rings. The fourth-order valence-electron chi connectivity index (χ4n) is 2.94. The van der Waals surface area contributed by atoms with Gasteiger partial charge in [0.15, 0.2) is 0 Å². The van der Waals surface area contributed by atoms with E-state index in [9.17, 15) is 13.2 Å². The molecule has 1 aromatic heterocycles. The third-order valence-electron chi connectivity index (χ3n) is 4.52. The summed E-state index contributed by atoms with van der Waals surface area (Å²) in [7, 11) is -3.60. The number of halogens is 1. The van der Waals surface area contributed by atoms with Crippen LogP contribution >= 0.6 is 23.7 Å². The van der Waals surface area contributed by atoms with Gasteiger partial charge in [0.1, 0.15) is 0 Å². The van der Waals surface area contributed by atoms with Gasteiger partial charge in [-0.05, 0) is 62.0 Å². The molecule has 2 unspecified atom stereocenters. The Balaban J connectivity index is 0.00000261. The van der Waals surface area contributed by atoms with Crippen molar-refractivity contribution >= 4 is 39.7 Å². The van der Waals surface area contributed by atoms with Gasteiger partial charge in [0, 0.05) is 29.1 Å². The average molecular weight is 430 g/mol. The second-order valence-corrected chi connectivity index (χ2v) is 9.19. The average Bonchev–Trinajstić information content (AvgIpc) is 3.16. The second kappa shape index (κ2) is 9.66. The van der Waals surface area contributed by atoms with Gasteiger partial charge in [0.05, 0.1) is 4.90 Å². The molecular formula is C18H24ClN3O3S2. The predicted octanol–water partition coefficient (Wildman–Crippen LogP) is 2.52. The molecule has 148 valence electrons. The first-order valence-electron chi connectivity index (χ1n) is 8.62. The Morgan fingerprint density at radius 2 is 2.00 bits per heavy atom. The molecule has 3 rings (SSSR count). The maximum atomic E-state index is 12.4. The lowest BCUT2D eigenvalue weighted by atomic mass is 9.99. The summed E-state index contributed by atoms with van der Waals surface area (Å²) in [5.41, 5.74) is 0.458. The first kappa shape index (κ1) is 21.8. The molecule has 1 fully saturated rings. The predicted molar refractivity (Wildman–Crippen MR) is 110 cm³/mol. The minimum Gasteiger partial charge on any atom is -0.348 e. The second-order valence-electron chi connectivity index (χ2n) is 6.39. The summed E-state index contributed by atoms with van der Waals surface area (Å²) in [5, 5.41) is 8.27. The summed E-state index contributed by atoms with van der Waals surface area (Å²) in [6.45, 7) is 3.28. The van der Waals surface area contributed by atoms with Crippen molar-refractivity contribution in [3.63, 3.8) is 0 Å². The number of thiophene rings is 1. The van der Waals surface area contributed by atoms with Crippen molar-refractivity contribution in [3.05, 3.63) is 52.2 Å². The Hall–Kier alpha value is -1.45. The van der Waals surface area contributed by atoms with Gasteiger partial charge in [-0.2, -0.15) is 0 Å². The van der Waals surface area contributed by atoms with Crippen LogP contribution in [0.25, 0.3) is 0 Å². The zero-order chi connectivity index (χ0) is 18.6. The molecule has 1 aliphatic rings. The molecule has 0 spiro atoms. The summed E-state index contributed by atoms with van der Waals surface area (Å²) in [4.78, 5) is 13.5. The minimum absolute atomic E-state index is 0. The number of nitrogens with one attached hydrogen (secondary N) is 3. The van der Waals surface area contributed by atoms with E-state index in [0.29, 0.717) is 5.56 Å². The van der Waals surface area contributed by atoms with Gasteiger partial charge in [0.2, 0.25) is 10.0 Å². The normalized spacial score (nSPS) is 19.9. The maximum Gasteiger partial charge on any atom is 0.251 e. The number of hydrogen-bond donors (Lipinski definition) is 3. The van der Waals surface area contributed by atoms with Gasteiger partial charge in [-0.25, -0.2) is 13.1 Å². The fourth-order valence-corrected chi connectivity index (χ4v) is 4.68. The van der Waals surface area contributed by atoms with Gasteiger partial charge in [-0.1, -0.05) is 6.07 Å². The zero-order valence-electron chi connectivity index (χ0n) is 15.0. The van der Waals surface area contributed by atoms with Crippen molar-refractivity contribution in [2.75, 3.05) is 6.54 Å². The standard InChI is InChI=1S/C18H23N3O3S2.ClH/c1-13-17(5-2-10-19-13)21-18(22)14-6-8-16(9-7-14)26(23,24)20-12-15-4-3-11-25-15;/h3-4,6-9,11,13,17,19-20H,2,5,10,12H2,1H3,(H,21,22);1H. The van der Waals surface area contributed by atoms with E-state index in [1.807, 2.05) is 17.5 Å². The van der Waals surface area contributed by atoms with E-state index in [4.69, 9.17) is 0 Å². The van der Waals surface area contributed by atoms with E-state index in [1.165, 1.54) is 23.5 Å². The summed E-state index contributed by atoms with van der Waals surface area (Å²) >= 11 is 1.50. The number of carbonyl (C=O) groups excluding carboxylic acids is 1. The van der Waals surface area contributed by atoms with E-state index < -0.39 is 10.0 Å². The zero-order valence-corrected chi connectivity index (χ0v) is 17.4.